The van der Waals surface area contributed by atoms with Crippen molar-refractivity contribution in [3.63, 3.8) is 0 Å². The number of imide groups is 1. The number of hydrogen-bond acceptors (Lipinski definition) is 4. The Hall–Kier alpha value is -1.60. The summed E-state index contributed by atoms with van der Waals surface area (Å²) in [6, 6.07) is 5.06. The molecule has 20 heavy (non-hydrogen) atoms. The van der Waals surface area contributed by atoms with Gasteiger partial charge < -0.3 is 15.4 Å². The zero-order valence-corrected chi connectivity index (χ0v) is 13.2. The minimum atomic E-state index is -0.790. The van der Waals surface area contributed by atoms with Gasteiger partial charge in [0.25, 0.3) is 5.91 Å². The Morgan fingerprint density at radius 3 is 2.65 bits per heavy atom. The number of carbonyl (C=O) groups excluding carboxylic acids is 2. The molecule has 0 fully saturated rings. The van der Waals surface area contributed by atoms with Crippen molar-refractivity contribution in [2.75, 3.05) is 14.1 Å². The Labute approximate surface area is 126 Å². The number of rotatable bonds is 5. The predicted octanol–water partition coefficient (Wildman–Crippen LogP) is 1.39. The molecule has 0 heterocycles. The van der Waals surface area contributed by atoms with E-state index in [1.165, 1.54) is 7.05 Å². The summed E-state index contributed by atoms with van der Waals surface area (Å²) in [7, 11) is 3.26. The fourth-order valence-electron chi connectivity index (χ4n) is 1.52. The molecule has 1 unspecified atom stereocenters. The van der Waals surface area contributed by atoms with Crippen LogP contribution in [0.25, 0.3) is 0 Å². The lowest BCUT2D eigenvalue weighted by Gasteiger charge is -2.18. The number of amides is 3. The van der Waals surface area contributed by atoms with Crippen LogP contribution in [-0.2, 0) is 11.3 Å². The first-order chi connectivity index (χ1) is 9.49. The highest BCUT2D eigenvalue weighted by atomic mass is 79.9. The van der Waals surface area contributed by atoms with E-state index in [9.17, 15) is 9.59 Å². The Bertz CT molecular complexity index is 494. The zero-order chi connectivity index (χ0) is 15.1. The number of urea groups is 1. The van der Waals surface area contributed by atoms with Crippen LogP contribution < -0.4 is 20.7 Å². The molecule has 1 aromatic carbocycles. The van der Waals surface area contributed by atoms with E-state index in [2.05, 4.69) is 31.9 Å². The molecule has 6 nitrogen and oxygen atoms in total. The van der Waals surface area contributed by atoms with E-state index < -0.39 is 18.0 Å². The SMILES string of the molecule is CNCc1cccc(Br)c1OC(C)C(=O)NC(=O)NC. The highest BCUT2D eigenvalue weighted by Gasteiger charge is 2.19. The molecule has 1 atom stereocenters. The molecule has 0 bridgehead atoms. The van der Waals surface area contributed by atoms with Crippen LogP contribution in [0.15, 0.2) is 22.7 Å². The van der Waals surface area contributed by atoms with Gasteiger partial charge in [-0.05, 0) is 36.0 Å². The van der Waals surface area contributed by atoms with E-state index in [0.717, 1.165) is 10.0 Å². The molecule has 0 radical (unpaired) electrons. The van der Waals surface area contributed by atoms with Crippen molar-refractivity contribution in [1.29, 1.82) is 0 Å². The van der Waals surface area contributed by atoms with Gasteiger partial charge >= 0.3 is 6.03 Å². The first kappa shape index (κ1) is 16.5. The predicted molar refractivity (Wildman–Crippen MR) is 79.6 cm³/mol. The lowest BCUT2D eigenvalue weighted by Crippen LogP contribution is -2.44. The molecule has 0 aromatic heterocycles. The second-order valence-electron chi connectivity index (χ2n) is 4.09. The monoisotopic (exact) mass is 343 g/mol. The number of ether oxygens (including phenoxy) is 1. The summed E-state index contributed by atoms with van der Waals surface area (Å²) < 4.78 is 6.41. The molecule has 0 aliphatic carbocycles. The molecule has 0 aliphatic rings. The highest BCUT2D eigenvalue weighted by molar-refractivity contribution is 9.10. The van der Waals surface area contributed by atoms with Crippen molar-refractivity contribution in [3.8, 4) is 5.75 Å². The number of carbonyl (C=O) groups is 2. The van der Waals surface area contributed by atoms with Crippen LogP contribution in [0, 0.1) is 0 Å². The summed E-state index contributed by atoms with van der Waals surface area (Å²) >= 11 is 3.40. The smallest absolute Gasteiger partial charge is 0.321 e. The molecular formula is C13H18BrN3O3. The minimum Gasteiger partial charge on any atom is -0.479 e. The molecule has 0 spiro atoms. The number of halogens is 1. The quantitative estimate of drug-likeness (QED) is 0.754. The Balaban J connectivity index is 2.81. The molecule has 0 saturated heterocycles. The third-order valence-electron chi connectivity index (χ3n) is 2.54. The summed E-state index contributed by atoms with van der Waals surface area (Å²) in [4.78, 5) is 22.9. The molecular weight excluding hydrogens is 326 g/mol. The molecule has 0 saturated carbocycles. The standard InChI is InChI=1S/C13H18BrN3O3/c1-8(12(18)17-13(19)16-3)20-11-9(7-15-2)5-4-6-10(11)14/h4-6,8,15H,7H2,1-3H3,(H2,16,17,18,19). The fourth-order valence-corrected chi connectivity index (χ4v) is 2.02. The Kier molecular flexibility index (Phi) is 6.47. The topological polar surface area (TPSA) is 79.5 Å². The van der Waals surface area contributed by atoms with Crippen LogP contribution in [0.2, 0.25) is 0 Å². The fraction of sp³-hybridized carbons (Fsp3) is 0.385. The molecule has 1 aromatic rings. The maximum absolute atomic E-state index is 11.8. The lowest BCUT2D eigenvalue weighted by molar-refractivity contribution is -0.126. The van der Waals surface area contributed by atoms with E-state index in [1.807, 2.05) is 25.2 Å². The van der Waals surface area contributed by atoms with Crippen molar-refractivity contribution in [1.82, 2.24) is 16.0 Å². The third kappa shape index (κ3) is 4.50. The average Bonchev–Trinajstić information content (AvgIpc) is 2.42. The van der Waals surface area contributed by atoms with Gasteiger partial charge in [0, 0.05) is 19.2 Å². The van der Waals surface area contributed by atoms with Gasteiger partial charge in [-0.1, -0.05) is 12.1 Å². The number of para-hydroxylation sites is 1. The van der Waals surface area contributed by atoms with Gasteiger partial charge in [-0.2, -0.15) is 0 Å². The van der Waals surface area contributed by atoms with Crippen molar-refractivity contribution < 1.29 is 14.3 Å². The largest absolute Gasteiger partial charge is 0.479 e. The first-order valence-electron chi connectivity index (χ1n) is 6.10. The van der Waals surface area contributed by atoms with Crippen LogP contribution in [-0.4, -0.2) is 32.1 Å². The molecule has 110 valence electrons. The summed E-state index contributed by atoms with van der Waals surface area (Å²) in [5, 5.41) is 7.52. The van der Waals surface area contributed by atoms with E-state index in [-0.39, 0.29) is 0 Å². The van der Waals surface area contributed by atoms with Crippen molar-refractivity contribution in [3.05, 3.63) is 28.2 Å². The summed E-state index contributed by atoms with van der Waals surface area (Å²) in [6.45, 7) is 2.19. The Morgan fingerprint density at radius 2 is 2.05 bits per heavy atom. The molecule has 3 amide bonds. The second-order valence-corrected chi connectivity index (χ2v) is 4.94. The Morgan fingerprint density at radius 1 is 1.35 bits per heavy atom. The summed E-state index contributed by atoms with van der Waals surface area (Å²) in [6.07, 6.45) is -0.790. The summed E-state index contributed by atoms with van der Waals surface area (Å²) in [5.41, 5.74) is 0.918. The minimum absolute atomic E-state index is 0.504. The molecule has 7 heteroatoms. The van der Waals surface area contributed by atoms with Crippen LogP contribution in [0.1, 0.15) is 12.5 Å². The molecule has 0 aliphatic heterocycles. The number of benzene rings is 1. The van der Waals surface area contributed by atoms with Gasteiger partial charge in [0.05, 0.1) is 4.47 Å². The second kappa shape index (κ2) is 7.86. The van der Waals surface area contributed by atoms with Crippen molar-refractivity contribution in [2.45, 2.75) is 19.6 Å². The first-order valence-corrected chi connectivity index (χ1v) is 6.90. The normalized spacial score (nSPS) is 11.6. The maximum Gasteiger partial charge on any atom is 0.321 e. The van der Waals surface area contributed by atoms with E-state index in [1.54, 1.807) is 6.92 Å². The van der Waals surface area contributed by atoms with E-state index in [0.29, 0.717) is 12.3 Å². The lowest BCUT2D eigenvalue weighted by atomic mass is 10.2. The van der Waals surface area contributed by atoms with Gasteiger partial charge in [-0.15, -0.1) is 0 Å². The zero-order valence-electron chi connectivity index (χ0n) is 11.6. The average molecular weight is 344 g/mol. The van der Waals surface area contributed by atoms with Crippen LogP contribution >= 0.6 is 15.9 Å². The van der Waals surface area contributed by atoms with E-state index >= 15 is 0 Å². The number of hydrogen-bond donors (Lipinski definition) is 3. The van der Waals surface area contributed by atoms with Crippen LogP contribution in [0.4, 0.5) is 4.79 Å². The molecule has 3 N–H and O–H groups in total. The van der Waals surface area contributed by atoms with E-state index in [4.69, 9.17) is 4.74 Å². The highest BCUT2D eigenvalue weighted by Crippen LogP contribution is 2.30. The third-order valence-corrected chi connectivity index (χ3v) is 3.17. The number of nitrogens with one attached hydrogen (secondary N) is 3. The van der Waals surface area contributed by atoms with Crippen LogP contribution in [0.5, 0.6) is 5.75 Å². The van der Waals surface area contributed by atoms with Gasteiger partial charge in [0.2, 0.25) is 0 Å². The van der Waals surface area contributed by atoms with Crippen molar-refractivity contribution >= 4 is 27.9 Å². The van der Waals surface area contributed by atoms with Gasteiger partial charge in [0.1, 0.15) is 5.75 Å². The van der Waals surface area contributed by atoms with Gasteiger partial charge in [0.15, 0.2) is 6.10 Å². The van der Waals surface area contributed by atoms with Crippen molar-refractivity contribution in [2.24, 2.45) is 0 Å². The maximum atomic E-state index is 11.8. The summed E-state index contributed by atoms with van der Waals surface area (Å²) in [5.74, 6) is 0.0805. The van der Waals surface area contributed by atoms with Gasteiger partial charge in [-0.3, -0.25) is 10.1 Å². The van der Waals surface area contributed by atoms with Gasteiger partial charge in [-0.25, -0.2) is 4.79 Å². The van der Waals surface area contributed by atoms with Crippen LogP contribution in [0.3, 0.4) is 0 Å². The molecule has 1 rings (SSSR count).